The normalized spacial score (nSPS) is 27.3. The van der Waals surface area contributed by atoms with Crippen LogP contribution in [0.15, 0.2) is 30.3 Å². The van der Waals surface area contributed by atoms with Crippen LogP contribution in [-0.4, -0.2) is 54.2 Å². The van der Waals surface area contributed by atoms with E-state index < -0.39 is 5.60 Å². The van der Waals surface area contributed by atoms with Gasteiger partial charge in [0.15, 0.2) is 0 Å². The van der Waals surface area contributed by atoms with Gasteiger partial charge in [0.25, 0.3) is 0 Å². The highest BCUT2D eigenvalue weighted by atomic mass is 16.6. The standard InChI is InChI=1S/C19H29N3O2/c1-18(2,3)24-17(23)22-11-16-10-21(13-19(16,12-20)14-22)9-15-7-5-4-6-8-15/h4-8,16H,9-14,20H2,1-3H3/t16-,19-/m0/s1. The lowest BCUT2D eigenvalue weighted by atomic mass is 9.81. The number of carbonyl (C=O) groups is 1. The number of ether oxygens (including phenoxy) is 1. The molecule has 0 saturated carbocycles. The predicted molar refractivity (Wildman–Crippen MR) is 94.5 cm³/mol. The number of hydrogen-bond acceptors (Lipinski definition) is 4. The van der Waals surface area contributed by atoms with Gasteiger partial charge in [0.05, 0.1) is 0 Å². The van der Waals surface area contributed by atoms with Crippen molar-refractivity contribution in [3.05, 3.63) is 35.9 Å². The molecule has 5 heteroatoms. The first-order valence-corrected chi connectivity index (χ1v) is 8.76. The Morgan fingerprint density at radius 2 is 1.96 bits per heavy atom. The molecular weight excluding hydrogens is 302 g/mol. The van der Waals surface area contributed by atoms with Crippen molar-refractivity contribution in [2.24, 2.45) is 17.1 Å². The van der Waals surface area contributed by atoms with Gasteiger partial charge in [-0.25, -0.2) is 4.79 Å². The minimum atomic E-state index is -0.454. The van der Waals surface area contributed by atoms with Gasteiger partial charge in [0.1, 0.15) is 5.60 Å². The lowest BCUT2D eigenvalue weighted by Gasteiger charge is -2.29. The van der Waals surface area contributed by atoms with E-state index in [0.717, 1.165) is 26.2 Å². The van der Waals surface area contributed by atoms with Crippen molar-refractivity contribution in [1.82, 2.24) is 9.80 Å². The molecule has 2 fully saturated rings. The van der Waals surface area contributed by atoms with Crippen LogP contribution in [0.1, 0.15) is 26.3 Å². The molecule has 0 aromatic heterocycles. The number of benzene rings is 1. The smallest absolute Gasteiger partial charge is 0.410 e. The van der Waals surface area contributed by atoms with Gasteiger partial charge >= 0.3 is 6.09 Å². The Morgan fingerprint density at radius 3 is 2.54 bits per heavy atom. The van der Waals surface area contributed by atoms with Gasteiger partial charge in [-0.2, -0.15) is 0 Å². The van der Waals surface area contributed by atoms with Gasteiger partial charge in [0.2, 0.25) is 0 Å². The van der Waals surface area contributed by atoms with E-state index in [1.807, 2.05) is 31.7 Å². The van der Waals surface area contributed by atoms with Crippen molar-refractivity contribution < 1.29 is 9.53 Å². The van der Waals surface area contributed by atoms with Crippen LogP contribution in [0.5, 0.6) is 0 Å². The third kappa shape index (κ3) is 3.57. The number of nitrogens with zero attached hydrogens (tertiary/aromatic N) is 2. The summed E-state index contributed by atoms with van der Waals surface area (Å²) in [5, 5.41) is 0. The van der Waals surface area contributed by atoms with Crippen molar-refractivity contribution in [2.75, 3.05) is 32.7 Å². The fourth-order valence-electron chi connectivity index (χ4n) is 4.01. The molecule has 0 aliphatic carbocycles. The predicted octanol–water partition coefficient (Wildman–Crippen LogP) is 2.31. The maximum Gasteiger partial charge on any atom is 0.410 e. The fourth-order valence-corrected chi connectivity index (χ4v) is 4.01. The molecule has 0 spiro atoms. The zero-order valence-electron chi connectivity index (χ0n) is 15.0. The van der Waals surface area contributed by atoms with Crippen LogP contribution in [0.3, 0.4) is 0 Å². The van der Waals surface area contributed by atoms with Gasteiger partial charge in [-0.1, -0.05) is 30.3 Å². The van der Waals surface area contributed by atoms with Crippen LogP contribution in [0, 0.1) is 11.3 Å². The lowest BCUT2D eigenvalue weighted by molar-refractivity contribution is 0.0260. The molecule has 132 valence electrons. The Morgan fingerprint density at radius 1 is 1.25 bits per heavy atom. The highest BCUT2D eigenvalue weighted by molar-refractivity contribution is 5.68. The second kappa shape index (κ2) is 6.37. The van der Waals surface area contributed by atoms with Crippen molar-refractivity contribution in [1.29, 1.82) is 0 Å². The van der Waals surface area contributed by atoms with Crippen LogP contribution < -0.4 is 5.73 Å². The molecule has 2 atom stereocenters. The average Bonchev–Trinajstić information content (AvgIpc) is 3.00. The maximum atomic E-state index is 12.4. The molecule has 2 aliphatic heterocycles. The van der Waals surface area contributed by atoms with Gasteiger partial charge in [0, 0.05) is 44.7 Å². The van der Waals surface area contributed by atoms with Crippen LogP contribution in [0.2, 0.25) is 0 Å². The fraction of sp³-hybridized carbons (Fsp3) is 0.632. The molecule has 2 N–H and O–H groups in total. The number of amides is 1. The monoisotopic (exact) mass is 331 g/mol. The van der Waals surface area contributed by atoms with Crippen molar-refractivity contribution in [3.63, 3.8) is 0 Å². The summed E-state index contributed by atoms with van der Waals surface area (Å²) >= 11 is 0. The first-order valence-electron chi connectivity index (χ1n) is 8.76. The highest BCUT2D eigenvalue weighted by Gasteiger charge is 2.53. The number of carbonyl (C=O) groups excluding carboxylic acids is 1. The summed E-state index contributed by atoms with van der Waals surface area (Å²) in [7, 11) is 0. The quantitative estimate of drug-likeness (QED) is 0.923. The topological polar surface area (TPSA) is 58.8 Å². The highest BCUT2D eigenvalue weighted by Crippen LogP contribution is 2.42. The third-order valence-electron chi connectivity index (χ3n) is 5.14. The number of fused-ring (bicyclic) bond motifs is 1. The van der Waals surface area contributed by atoms with Crippen LogP contribution in [-0.2, 0) is 11.3 Å². The summed E-state index contributed by atoms with van der Waals surface area (Å²) in [4.78, 5) is 16.7. The van der Waals surface area contributed by atoms with Gasteiger partial charge in [-0.05, 0) is 32.3 Å². The van der Waals surface area contributed by atoms with Gasteiger partial charge in [-0.3, -0.25) is 4.90 Å². The Kier molecular flexibility index (Phi) is 4.58. The van der Waals surface area contributed by atoms with Crippen LogP contribution >= 0.6 is 0 Å². The SMILES string of the molecule is CC(C)(C)OC(=O)N1C[C@@H]2CN(Cc3ccccc3)C[C@@]2(CN)C1. The van der Waals surface area contributed by atoms with Crippen molar-refractivity contribution in [2.45, 2.75) is 32.9 Å². The molecule has 1 amide bonds. The van der Waals surface area contributed by atoms with Gasteiger partial charge < -0.3 is 15.4 Å². The zero-order valence-corrected chi connectivity index (χ0v) is 15.0. The van der Waals surface area contributed by atoms with E-state index in [-0.39, 0.29) is 11.5 Å². The summed E-state index contributed by atoms with van der Waals surface area (Å²) < 4.78 is 5.53. The molecule has 2 aliphatic rings. The second-order valence-corrected chi connectivity index (χ2v) is 8.28. The molecule has 0 radical (unpaired) electrons. The van der Waals surface area contributed by atoms with E-state index in [4.69, 9.17) is 10.5 Å². The maximum absolute atomic E-state index is 12.4. The minimum absolute atomic E-state index is 0.00564. The molecule has 1 aromatic carbocycles. The van der Waals surface area contributed by atoms with Gasteiger partial charge in [-0.15, -0.1) is 0 Å². The van der Waals surface area contributed by atoms with Crippen LogP contribution in [0.25, 0.3) is 0 Å². The van der Waals surface area contributed by atoms with E-state index in [1.54, 1.807) is 0 Å². The second-order valence-electron chi connectivity index (χ2n) is 8.28. The Bertz CT molecular complexity index is 584. The number of nitrogens with two attached hydrogens (primary N) is 1. The molecule has 1 aromatic rings. The van der Waals surface area contributed by atoms with E-state index in [0.29, 0.717) is 19.0 Å². The van der Waals surface area contributed by atoms with Crippen LogP contribution in [0.4, 0.5) is 4.79 Å². The summed E-state index contributed by atoms with van der Waals surface area (Å²) in [5.41, 5.74) is 7.03. The van der Waals surface area contributed by atoms with E-state index in [1.165, 1.54) is 5.56 Å². The molecule has 0 unspecified atom stereocenters. The summed E-state index contributed by atoms with van der Waals surface area (Å²) in [5.74, 6) is 0.429. The zero-order chi connectivity index (χ0) is 17.4. The largest absolute Gasteiger partial charge is 0.444 e. The minimum Gasteiger partial charge on any atom is -0.444 e. The van der Waals surface area contributed by atoms with E-state index in [2.05, 4.69) is 29.2 Å². The first-order chi connectivity index (χ1) is 11.3. The summed E-state index contributed by atoms with van der Waals surface area (Å²) in [6, 6.07) is 10.5. The Hall–Kier alpha value is -1.59. The Labute approximate surface area is 144 Å². The Balaban J connectivity index is 1.63. The number of likely N-dealkylation sites (tertiary alicyclic amines) is 2. The molecule has 24 heavy (non-hydrogen) atoms. The van der Waals surface area contributed by atoms with E-state index in [9.17, 15) is 4.79 Å². The summed E-state index contributed by atoms with van der Waals surface area (Å²) in [6.45, 7) is 10.7. The third-order valence-corrected chi connectivity index (χ3v) is 5.14. The summed E-state index contributed by atoms with van der Waals surface area (Å²) in [6.07, 6.45) is -0.209. The molecule has 3 rings (SSSR count). The van der Waals surface area contributed by atoms with E-state index >= 15 is 0 Å². The molecule has 0 bridgehead atoms. The van der Waals surface area contributed by atoms with Crippen molar-refractivity contribution in [3.8, 4) is 0 Å². The number of rotatable bonds is 3. The lowest BCUT2D eigenvalue weighted by Crippen LogP contribution is -2.42. The molecular formula is C19H29N3O2. The van der Waals surface area contributed by atoms with Crippen molar-refractivity contribution >= 4 is 6.09 Å². The molecule has 2 saturated heterocycles. The molecule has 5 nitrogen and oxygen atoms in total. The molecule has 2 heterocycles. The first kappa shape index (κ1) is 17.2. The average molecular weight is 331 g/mol. The number of hydrogen-bond donors (Lipinski definition) is 1.